The number of aromatic hydroxyl groups is 1. The molecule has 0 fully saturated rings. The van der Waals surface area contributed by atoms with Gasteiger partial charge in [0.05, 0.1) is 30.3 Å². The number of halogens is 2. The van der Waals surface area contributed by atoms with Crippen LogP contribution < -0.4 is 9.47 Å². The third kappa shape index (κ3) is 5.66. The van der Waals surface area contributed by atoms with E-state index < -0.39 is 12.1 Å². The van der Waals surface area contributed by atoms with E-state index in [1.54, 1.807) is 39.2 Å². The van der Waals surface area contributed by atoms with Gasteiger partial charge in [0.1, 0.15) is 17.3 Å². The van der Waals surface area contributed by atoms with Gasteiger partial charge in [0.25, 0.3) is 0 Å². The predicted octanol–water partition coefficient (Wildman–Crippen LogP) is 7.44. The number of hydrogen-bond donors (Lipinski definition) is 1. The number of rotatable bonds is 9. The fourth-order valence-electron chi connectivity index (χ4n) is 4.64. The second kappa shape index (κ2) is 12.1. The number of phenolic OH excluding ortho intramolecular Hbond substituents is 1. The van der Waals surface area contributed by atoms with Gasteiger partial charge in [0, 0.05) is 22.6 Å². The standard InChI is InChI=1S/C31H26Cl2N2O6/c1-4-39-31(37)24(15-19-7-5-6-8-23(19)38-3)41-30-27-25(16-34-35-30)40-29(18-9-11-20(32)12-10-18)26(27)21-13-14-22(36)28(33)17(21)2/h5-14,16,24,36H,4,15H2,1-3H3. The summed E-state index contributed by atoms with van der Waals surface area (Å²) in [5.74, 6) is 0.544. The summed E-state index contributed by atoms with van der Waals surface area (Å²) in [5.41, 5.74) is 3.75. The highest BCUT2D eigenvalue weighted by atomic mass is 35.5. The molecular weight excluding hydrogens is 567 g/mol. The van der Waals surface area contributed by atoms with Gasteiger partial charge in [-0.3, -0.25) is 0 Å². The van der Waals surface area contributed by atoms with Crippen molar-refractivity contribution in [2.45, 2.75) is 26.4 Å². The monoisotopic (exact) mass is 592 g/mol. The van der Waals surface area contributed by atoms with Crippen LogP contribution in [0.25, 0.3) is 33.4 Å². The smallest absolute Gasteiger partial charge is 0.347 e. The van der Waals surface area contributed by atoms with Gasteiger partial charge < -0.3 is 23.7 Å². The molecule has 5 rings (SSSR count). The molecule has 0 saturated heterocycles. The molecule has 0 saturated carbocycles. The average molecular weight is 593 g/mol. The van der Waals surface area contributed by atoms with Crippen molar-refractivity contribution in [3.05, 3.63) is 88.0 Å². The number of nitrogens with zero attached hydrogens (tertiary/aromatic N) is 2. The molecule has 10 heteroatoms. The number of carbonyl (C=O) groups is 1. The molecule has 0 aliphatic heterocycles. The minimum atomic E-state index is -1.07. The summed E-state index contributed by atoms with van der Waals surface area (Å²) in [6.45, 7) is 3.69. The summed E-state index contributed by atoms with van der Waals surface area (Å²) in [6, 6.07) is 17.8. The zero-order valence-corrected chi connectivity index (χ0v) is 24.0. The molecule has 1 atom stereocenters. The lowest BCUT2D eigenvalue weighted by Crippen LogP contribution is -2.32. The lowest BCUT2D eigenvalue weighted by Gasteiger charge is -2.19. The van der Waals surface area contributed by atoms with E-state index in [0.29, 0.717) is 44.2 Å². The highest BCUT2D eigenvalue weighted by Crippen LogP contribution is 2.47. The van der Waals surface area contributed by atoms with Gasteiger partial charge in [0.2, 0.25) is 12.0 Å². The Morgan fingerprint density at radius 1 is 1.07 bits per heavy atom. The fraction of sp³-hybridized carbons (Fsp3) is 0.194. The van der Waals surface area contributed by atoms with Crippen LogP contribution in [0.1, 0.15) is 18.1 Å². The van der Waals surface area contributed by atoms with Crippen LogP contribution in [-0.2, 0) is 16.0 Å². The minimum absolute atomic E-state index is 0.0517. The number of phenols is 1. The second-order valence-corrected chi connectivity index (χ2v) is 9.96. The van der Waals surface area contributed by atoms with Crippen LogP contribution in [0.3, 0.4) is 0 Å². The molecule has 2 heterocycles. The first kappa shape index (κ1) is 28.3. The first-order valence-corrected chi connectivity index (χ1v) is 13.6. The molecule has 0 aliphatic rings. The highest BCUT2D eigenvalue weighted by Gasteiger charge is 2.29. The maximum atomic E-state index is 13.1. The molecular formula is C31H26Cl2N2O6. The number of esters is 1. The molecule has 0 aliphatic carbocycles. The first-order valence-electron chi connectivity index (χ1n) is 12.8. The predicted molar refractivity (Wildman–Crippen MR) is 157 cm³/mol. The van der Waals surface area contributed by atoms with Crippen LogP contribution in [0, 0.1) is 6.92 Å². The van der Waals surface area contributed by atoms with Crippen molar-refractivity contribution in [2.24, 2.45) is 0 Å². The maximum Gasteiger partial charge on any atom is 0.347 e. The molecule has 41 heavy (non-hydrogen) atoms. The Labute approximate surface area is 246 Å². The summed E-state index contributed by atoms with van der Waals surface area (Å²) in [5, 5.41) is 19.8. The zero-order valence-electron chi connectivity index (χ0n) is 22.5. The van der Waals surface area contributed by atoms with Gasteiger partial charge in [-0.15, -0.1) is 5.10 Å². The number of benzene rings is 3. The van der Waals surface area contributed by atoms with Crippen molar-refractivity contribution in [3.8, 4) is 39.8 Å². The lowest BCUT2D eigenvalue weighted by molar-refractivity contribution is -0.151. The molecule has 210 valence electrons. The number of para-hydroxylation sites is 1. The van der Waals surface area contributed by atoms with Crippen LogP contribution in [-0.4, -0.2) is 41.1 Å². The Bertz CT molecular complexity index is 1720. The van der Waals surface area contributed by atoms with E-state index in [1.807, 2.05) is 36.4 Å². The largest absolute Gasteiger partial charge is 0.506 e. The number of aromatic nitrogens is 2. The van der Waals surface area contributed by atoms with Crippen LogP contribution in [0.5, 0.6) is 17.4 Å². The molecule has 0 bridgehead atoms. The number of furan rings is 1. The van der Waals surface area contributed by atoms with E-state index >= 15 is 0 Å². The Hall–Kier alpha value is -4.27. The van der Waals surface area contributed by atoms with E-state index in [4.69, 9.17) is 41.8 Å². The summed E-state index contributed by atoms with van der Waals surface area (Å²) in [4.78, 5) is 13.1. The normalized spacial score (nSPS) is 11.8. The van der Waals surface area contributed by atoms with E-state index in [0.717, 1.165) is 11.1 Å². The average Bonchev–Trinajstić information content (AvgIpc) is 3.36. The second-order valence-electron chi connectivity index (χ2n) is 9.15. The van der Waals surface area contributed by atoms with Crippen molar-refractivity contribution >= 4 is 40.1 Å². The van der Waals surface area contributed by atoms with Crippen LogP contribution >= 0.6 is 23.2 Å². The number of fused-ring (bicyclic) bond motifs is 1. The molecule has 3 aromatic carbocycles. The molecule has 5 aromatic rings. The van der Waals surface area contributed by atoms with Crippen molar-refractivity contribution in [2.75, 3.05) is 13.7 Å². The summed E-state index contributed by atoms with van der Waals surface area (Å²) >= 11 is 12.6. The van der Waals surface area contributed by atoms with Gasteiger partial charge in [-0.05, 0) is 66.9 Å². The van der Waals surface area contributed by atoms with Gasteiger partial charge in [-0.2, -0.15) is 5.10 Å². The Morgan fingerprint density at radius 3 is 2.56 bits per heavy atom. The first-order chi connectivity index (χ1) is 19.8. The maximum absolute atomic E-state index is 13.1. The molecule has 0 radical (unpaired) electrons. The minimum Gasteiger partial charge on any atom is -0.506 e. The number of carbonyl (C=O) groups excluding carboxylic acids is 1. The van der Waals surface area contributed by atoms with Crippen molar-refractivity contribution < 1.29 is 28.5 Å². The zero-order chi connectivity index (χ0) is 29.1. The lowest BCUT2D eigenvalue weighted by atomic mass is 9.95. The number of methoxy groups -OCH3 is 1. The molecule has 8 nitrogen and oxygen atoms in total. The van der Waals surface area contributed by atoms with Crippen LogP contribution in [0.4, 0.5) is 0 Å². The van der Waals surface area contributed by atoms with Crippen LogP contribution in [0.2, 0.25) is 10.0 Å². The number of ether oxygens (including phenoxy) is 3. The van der Waals surface area contributed by atoms with Crippen molar-refractivity contribution in [1.82, 2.24) is 10.2 Å². The van der Waals surface area contributed by atoms with E-state index in [-0.39, 0.29) is 29.7 Å². The molecule has 0 spiro atoms. The van der Waals surface area contributed by atoms with E-state index in [1.165, 1.54) is 12.3 Å². The third-order valence-electron chi connectivity index (χ3n) is 6.62. The van der Waals surface area contributed by atoms with Crippen LogP contribution in [0.15, 0.2) is 71.3 Å². The van der Waals surface area contributed by atoms with Crippen molar-refractivity contribution in [1.29, 1.82) is 0 Å². The topological polar surface area (TPSA) is 104 Å². The van der Waals surface area contributed by atoms with Gasteiger partial charge >= 0.3 is 5.97 Å². The van der Waals surface area contributed by atoms with E-state index in [9.17, 15) is 9.90 Å². The number of hydrogen-bond acceptors (Lipinski definition) is 8. The Morgan fingerprint density at radius 2 is 1.83 bits per heavy atom. The van der Waals surface area contributed by atoms with Gasteiger partial charge in [-0.1, -0.05) is 47.5 Å². The quantitative estimate of drug-likeness (QED) is 0.176. The molecule has 1 unspecified atom stereocenters. The van der Waals surface area contributed by atoms with Crippen molar-refractivity contribution in [3.63, 3.8) is 0 Å². The molecule has 0 amide bonds. The van der Waals surface area contributed by atoms with Gasteiger partial charge in [0.15, 0.2) is 5.58 Å². The molecule has 2 aromatic heterocycles. The summed E-state index contributed by atoms with van der Waals surface area (Å²) < 4.78 is 23.5. The fourth-order valence-corrected chi connectivity index (χ4v) is 4.93. The Balaban J connectivity index is 1.71. The SMILES string of the molecule is CCOC(=O)C(Cc1ccccc1OC)Oc1nncc2oc(-c3ccc(Cl)cc3)c(-c3ccc(O)c(Cl)c3C)c12. The van der Waals surface area contributed by atoms with Gasteiger partial charge in [-0.25, -0.2) is 4.79 Å². The third-order valence-corrected chi connectivity index (χ3v) is 7.34. The Kier molecular flexibility index (Phi) is 8.33. The molecule has 1 N–H and O–H groups in total. The summed E-state index contributed by atoms with van der Waals surface area (Å²) in [6.07, 6.45) is 0.557. The van der Waals surface area contributed by atoms with E-state index in [2.05, 4.69) is 10.2 Å². The summed E-state index contributed by atoms with van der Waals surface area (Å²) in [7, 11) is 1.56. The highest BCUT2D eigenvalue weighted by molar-refractivity contribution is 6.33.